The molecule has 206 valence electrons. The number of ether oxygens (including phenoxy) is 2. The molecule has 6 nitrogen and oxygen atoms in total. The second-order valence-electron chi connectivity index (χ2n) is 9.63. The number of aromatic nitrogens is 2. The van der Waals surface area contributed by atoms with E-state index >= 15 is 0 Å². The van der Waals surface area contributed by atoms with Crippen LogP contribution in [0.15, 0.2) is 47.5 Å². The maximum Gasteiger partial charge on any atom is 0.231 e. The van der Waals surface area contributed by atoms with Gasteiger partial charge < -0.3 is 14.6 Å². The Bertz CT molecular complexity index is 1080. The molecule has 0 radical (unpaired) electrons. The lowest BCUT2D eigenvalue weighted by Crippen LogP contribution is -1.97. The standard InChI is InChI=1S/C31H43N3O3S/c1-3-5-7-9-11-13-21-36-27-18-15-25(16-19-27)30-33-34-31(38-30)32-24-26-17-20-28(23-29(26)35)37-22-14-12-10-8-6-4-2/h15-20,23-24,35H,3-14,21-22H2,1-2H3/b32-24+. The molecule has 0 saturated heterocycles. The zero-order valence-electron chi connectivity index (χ0n) is 23.0. The topological polar surface area (TPSA) is 76.8 Å². The lowest BCUT2D eigenvalue weighted by molar-refractivity contribution is 0.302. The predicted molar refractivity (Wildman–Crippen MR) is 158 cm³/mol. The van der Waals surface area contributed by atoms with E-state index in [-0.39, 0.29) is 5.75 Å². The first-order chi connectivity index (χ1) is 18.7. The molecule has 0 saturated carbocycles. The van der Waals surface area contributed by atoms with Gasteiger partial charge in [0.2, 0.25) is 5.13 Å². The summed E-state index contributed by atoms with van der Waals surface area (Å²) < 4.78 is 11.7. The molecule has 0 unspecified atom stereocenters. The number of aliphatic imine (C=N–C) groups is 1. The molecule has 3 rings (SSSR count). The quantitative estimate of drug-likeness (QED) is 0.122. The molecule has 0 spiro atoms. The lowest BCUT2D eigenvalue weighted by atomic mass is 10.1. The molecular weight excluding hydrogens is 494 g/mol. The molecular formula is C31H43N3O3S. The Hall–Kier alpha value is -2.93. The van der Waals surface area contributed by atoms with Crippen LogP contribution >= 0.6 is 11.3 Å². The van der Waals surface area contributed by atoms with Crippen molar-refractivity contribution in [1.29, 1.82) is 0 Å². The zero-order valence-corrected chi connectivity index (χ0v) is 23.8. The number of hydrogen-bond acceptors (Lipinski definition) is 7. The van der Waals surface area contributed by atoms with Gasteiger partial charge in [-0.2, -0.15) is 0 Å². The minimum Gasteiger partial charge on any atom is -0.507 e. The van der Waals surface area contributed by atoms with E-state index in [0.717, 1.165) is 35.8 Å². The molecule has 7 heteroatoms. The van der Waals surface area contributed by atoms with Crippen LogP contribution in [0.5, 0.6) is 17.2 Å². The summed E-state index contributed by atoms with van der Waals surface area (Å²) in [6.45, 7) is 5.88. The number of nitrogens with zero attached hydrogens (tertiary/aromatic N) is 3. The van der Waals surface area contributed by atoms with Crippen molar-refractivity contribution >= 4 is 22.7 Å². The third-order valence-electron chi connectivity index (χ3n) is 6.36. The van der Waals surface area contributed by atoms with Crippen molar-refractivity contribution in [3.05, 3.63) is 48.0 Å². The van der Waals surface area contributed by atoms with Gasteiger partial charge in [-0.1, -0.05) is 89.4 Å². The average molecular weight is 538 g/mol. The third kappa shape index (κ3) is 10.8. The Morgan fingerprint density at radius 2 is 1.32 bits per heavy atom. The monoisotopic (exact) mass is 537 g/mol. The van der Waals surface area contributed by atoms with Crippen LogP contribution < -0.4 is 9.47 Å². The van der Waals surface area contributed by atoms with Gasteiger partial charge in [-0.3, -0.25) is 0 Å². The summed E-state index contributed by atoms with van der Waals surface area (Å²) in [5, 5.41) is 20.2. The SMILES string of the molecule is CCCCCCCCOc1ccc(-c2nnc(/N=C/c3ccc(OCCCCCCCC)cc3O)s2)cc1. The van der Waals surface area contributed by atoms with Gasteiger partial charge in [0.25, 0.3) is 0 Å². The van der Waals surface area contributed by atoms with Gasteiger partial charge in [-0.05, 0) is 49.2 Å². The van der Waals surface area contributed by atoms with Crippen molar-refractivity contribution in [3.63, 3.8) is 0 Å². The molecule has 38 heavy (non-hydrogen) atoms. The van der Waals surface area contributed by atoms with E-state index in [1.165, 1.54) is 75.5 Å². The molecule has 0 atom stereocenters. The molecule has 0 amide bonds. The molecule has 0 fully saturated rings. The summed E-state index contributed by atoms with van der Waals surface area (Å²) in [6.07, 6.45) is 16.4. The zero-order chi connectivity index (χ0) is 26.8. The number of phenolic OH excluding ortho intramolecular Hbond substituents is 1. The van der Waals surface area contributed by atoms with Gasteiger partial charge in [0, 0.05) is 23.4 Å². The number of unbranched alkanes of at least 4 members (excludes halogenated alkanes) is 10. The van der Waals surface area contributed by atoms with Gasteiger partial charge in [0.1, 0.15) is 22.3 Å². The average Bonchev–Trinajstić information content (AvgIpc) is 3.41. The largest absolute Gasteiger partial charge is 0.507 e. The second kappa shape index (κ2) is 17.6. The van der Waals surface area contributed by atoms with Crippen molar-refractivity contribution < 1.29 is 14.6 Å². The van der Waals surface area contributed by atoms with Gasteiger partial charge in [-0.15, -0.1) is 10.2 Å². The first-order valence-electron chi connectivity index (χ1n) is 14.3. The smallest absolute Gasteiger partial charge is 0.231 e. The fourth-order valence-corrected chi connectivity index (χ4v) is 4.77. The van der Waals surface area contributed by atoms with Crippen LogP contribution in [0.4, 0.5) is 5.13 Å². The van der Waals surface area contributed by atoms with Gasteiger partial charge in [0.15, 0.2) is 0 Å². The predicted octanol–water partition coefficient (Wildman–Crippen LogP) is 9.14. The highest BCUT2D eigenvalue weighted by Crippen LogP contribution is 2.30. The Morgan fingerprint density at radius 3 is 1.95 bits per heavy atom. The Balaban J connectivity index is 1.43. The molecule has 2 aromatic carbocycles. The van der Waals surface area contributed by atoms with Crippen LogP contribution in [-0.4, -0.2) is 34.7 Å². The first-order valence-corrected chi connectivity index (χ1v) is 15.1. The van der Waals surface area contributed by atoms with E-state index in [4.69, 9.17) is 9.47 Å². The van der Waals surface area contributed by atoms with Crippen LogP contribution in [0.2, 0.25) is 0 Å². The van der Waals surface area contributed by atoms with Crippen LogP contribution in [0.25, 0.3) is 10.6 Å². The maximum absolute atomic E-state index is 10.4. The highest BCUT2D eigenvalue weighted by molar-refractivity contribution is 7.18. The van der Waals surface area contributed by atoms with E-state index in [1.807, 2.05) is 30.3 Å². The number of rotatable bonds is 19. The molecule has 0 aliphatic heterocycles. The Kier molecular flexibility index (Phi) is 13.7. The fraction of sp³-hybridized carbons (Fsp3) is 0.516. The summed E-state index contributed by atoms with van der Waals surface area (Å²) >= 11 is 1.40. The number of aromatic hydroxyl groups is 1. The van der Waals surface area contributed by atoms with Crippen molar-refractivity contribution in [2.45, 2.75) is 90.9 Å². The van der Waals surface area contributed by atoms with Gasteiger partial charge >= 0.3 is 0 Å². The highest BCUT2D eigenvalue weighted by atomic mass is 32.1. The molecule has 1 aromatic heterocycles. The highest BCUT2D eigenvalue weighted by Gasteiger charge is 2.07. The Labute approximate surface area is 232 Å². The fourth-order valence-electron chi connectivity index (χ4n) is 4.07. The second-order valence-corrected chi connectivity index (χ2v) is 10.6. The molecule has 3 aromatic rings. The van der Waals surface area contributed by atoms with E-state index in [2.05, 4.69) is 29.0 Å². The Morgan fingerprint density at radius 1 is 0.737 bits per heavy atom. The van der Waals surface area contributed by atoms with E-state index < -0.39 is 0 Å². The summed E-state index contributed by atoms with van der Waals surface area (Å²) in [5.41, 5.74) is 1.59. The van der Waals surface area contributed by atoms with E-state index in [1.54, 1.807) is 18.3 Å². The summed E-state index contributed by atoms with van der Waals surface area (Å²) in [7, 11) is 0. The van der Waals surface area contributed by atoms with Crippen molar-refractivity contribution in [2.24, 2.45) is 4.99 Å². The molecule has 0 bridgehead atoms. The lowest BCUT2D eigenvalue weighted by Gasteiger charge is -2.07. The molecule has 0 aliphatic rings. The maximum atomic E-state index is 10.4. The van der Waals surface area contributed by atoms with E-state index in [9.17, 15) is 5.11 Å². The minimum atomic E-state index is 0.135. The van der Waals surface area contributed by atoms with Crippen LogP contribution in [-0.2, 0) is 0 Å². The van der Waals surface area contributed by atoms with E-state index in [0.29, 0.717) is 23.1 Å². The summed E-state index contributed by atoms with van der Waals surface area (Å²) in [4.78, 5) is 4.41. The molecule has 1 heterocycles. The number of phenols is 1. The van der Waals surface area contributed by atoms with Crippen molar-refractivity contribution in [3.8, 4) is 27.8 Å². The van der Waals surface area contributed by atoms with Crippen LogP contribution in [0, 0.1) is 0 Å². The van der Waals surface area contributed by atoms with Gasteiger partial charge in [-0.25, -0.2) is 4.99 Å². The third-order valence-corrected chi connectivity index (χ3v) is 7.25. The normalized spacial score (nSPS) is 11.3. The first kappa shape index (κ1) is 29.6. The van der Waals surface area contributed by atoms with Crippen LogP contribution in [0.1, 0.15) is 96.5 Å². The molecule has 0 aliphatic carbocycles. The van der Waals surface area contributed by atoms with Gasteiger partial charge in [0.05, 0.1) is 13.2 Å². The van der Waals surface area contributed by atoms with Crippen molar-refractivity contribution in [2.75, 3.05) is 13.2 Å². The number of benzene rings is 2. The molecule has 1 N–H and O–H groups in total. The summed E-state index contributed by atoms with van der Waals surface area (Å²) in [6, 6.07) is 13.3. The van der Waals surface area contributed by atoms with Crippen molar-refractivity contribution in [1.82, 2.24) is 10.2 Å². The number of hydrogen-bond donors (Lipinski definition) is 1. The minimum absolute atomic E-state index is 0.135. The summed E-state index contributed by atoms with van der Waals surface area (Å²) in [5.74, 6) is 1.68. The van der Waals surface area contributed by atoms with Crippen LogP contribution in [0.3, 0.4) is 0 Å².